The third-order valence-electron chi connectivity index (χ3n) is 3.02. The van der Waals surface area contributed by atoms with Gasteiger partial charge in [-0.05, 0) is 30.3 Å². The standard InChI is InChI=1S/C15H11FN4O/c1-10(21)12-7-8-14(13(16)9-12)20-18-15(17-19-20)11-5-3-2-4-6-11/h2-9H,1H3. The maximum atomic E-state index is 14.0. The first-order valence-corrected chi connectivity index (χ1v) is 6.31. The normalized spacial score (nSPS) is 10.6. The van der Waals surface area contributed by atoms with Crippen LogP contribution in [0, 0.1) is 5.82 Å². The van der Waals surface area contributed by atoms with Crippen LogP contribution >= 0.6 is 0 Å². The fourth-order valence-corrected chi connectivity index (χ4v) is 1.91. The lowest BCUT2D eigenvalue weighted by Crippen LogP contribution is -2.04. The molecule has 0 aliphatic carbocycles. The van der Waals surface area contributed by atoms with E-state index < -0.39 is 5.82 Å². The van der Waals surface area contributed by atoms with Crippen molar-refractivity contribution in [2.24, 2.45) is 0 Å². The molecule has 0 amide bonds. The molecule has 0 aliphatic heterocycles. The molecule has 0 unspecified atom stereocenters. The van der Waals surface area contributed by atoms with Gasteiger partial charge in [0.15, 0.2) is 11.6 Å². The number of carbonyl (C=O) groups is 1. The Morgan fingerprint density at radius 1 is 1.14 bits per heavy atom. The minimum Gasteiger partial charge on any atom is -0.295 e. The molecular formula is C15H11FN4O. The smallest absolute Gasteiger partial charge is 0.205 e. The Kier molecular flexibility index (Phi) is 3.27. The largest absolute Gasteiger partial charge is 0.295 e. The maximum absolute atomic E-state index is 14.0. The number of nitrogens with zero attached hydrogens (tertiary/aromatic N) is 4. The molecule has 3 aromatic rings. The Balaban J connectivity index is 1.99. The van der Waals surface area contributed by atoms with E-state index in [9.17, 15) is 9.18 Å². The van der Waals surface area contributed by atoms with E-state index in [1.54, 1.807) is 0 Å². The predicted molar refractivity (Wildman–Crippen MR) is 74.6 cm³/mol. The fourth-order valence-electron chi connectivity index (χ4n) is 1.91. The molecule has 0 bridgehead atoms. The maximum Gasteiger partial charge on any atom is 0.205 e. The minimum atomic E-state index is -0.570. The summed E-state index contributed by atoms with van der Waals surface area (Å²) < 4.78 is 14.0. The highest BCUT2D eigenvalue weighted by molar-refractivity contribution is 5.94. The van der Waals surface area contributed by atoms with Crippen molar-refractivity contribution in [3.63, 3.8) is 0 Å². The van der Waals surface area contributed by atoms with Gasteiger partial charge < -0.3 is 0 Å². The summed E-state index contributed by atoms with van der Waals surface area (Å²) in [6.07, 6.45) is 0. The molecule has 6 heteroatoms. The zero-order valence-corrected chi connectivity index (χ0v) is 11.2. The Morgan fingerprint density at radius 3 is 2.57 bits per heavy atom. The molecule has 0 spiro atoms. The van der Waals surface area contributed by atoms with Crippen LogP contribution in [0.5, 0.6) is 0 Å². The third kappa shape index (κ3) is 2.55. The van der Waals surface area contributed by atoms with Gasteiger partial charge in [-0.25, -0.2) is 4.39 Å². The van der Waals surface area contributed by atoms with Crippen LogP contribution in [0.3, 0.4) is 0 Å². The number of rotatable bonds is 3. The van der Waals surface area contributed by atoms with Crippen LogP contribution in [0.25, 0.3) is 17.1 Å². The van der Waals surface area contributed by atoms with Crippen LogP contribution in [-0.4, -0.2) is 26.0 Å². The van der Waals surface area contributed by atoms with Crippen molar-refractivity contribution in [1.82, 2.24) is 20.2 Å². The molecule has 3 rings (SSSR count). The van der Waals surface area contributed by atoms with Crippen molar-refractivity contribution in [1.29, 1.82) is 0 Å². The van der Waals surface area contributed by atoms with Crippen LogP contribution in [-0.2, 0) is 0 Å². The van der Waals surface area contributed by atoms with E-state index in [-0.39, 0.29) is 11.5 Å². The van der Waals surface area contributed by atoms with Gasteiger partial charge in [0, 0.05) is 11.1 Å². The zero-order chi connectivity index (χ0) is 14.8. The second kappa shape index (κ2) is 5.24. The second-order valence-electron chi connectivity index (χ2n) is 4.49. The highest BCUT2D eigenvalue weighted by Gasteiger charge is 2.12. The zero-order valence-electron chi connectivity index (χ0n) is 11.2. The lowest BCUT2D eigenvalue weighted by Gasteiger charge is -2.02. The number of tetrazole rings is 1. The van der Waals surface area contributed by atoms with Crippen LogP contribution < -0.4 is 0 Å². The van der Waals surface area contributed by atoms with Gasteiger partial charge >= 0.3 is 0 Å². The average Bonchev–Trinajstić information content (AvgIpc) is 2.97. The topological polar surface area (TPSA) is 60.7 Å². The highest BCUT2D eigenvalue weighted by atomic mass is 19.1. The molecule has 21 heavy (non-hydrogen) atoms. The van der Waals surface area contributed by atoms with Crippen LogP contribution in [0.4, 0.5) is 4.39 Å². The summed E-state index contributed by atoms with van der Waals surface area (Å²) in [4.78, 5) is 12.3. The van der Waals surface area contributed by atoms with E-state index in [0.717, 1.165) is 10.4 Å². The van der Waals surface area contributed by atoms with Gasteiger partial charge in [0.05, 0.1) is 0 Å². The number of ketones is 1. The quantitative estimate of drug-likeness (QED) is 0.693. The van der Waals surface area contributed by atoms with Crippen molar-refractivity contribution in [3.8, 4) is 17.1 Å². The SMILES string of the molecule is CC(=O)c1ccc(-n2nnc(-c3ccccc3)n2)c(F)c1. The average molecular weight is 282 g/mol. The van der Waals surface area contributed by atoms with E-state index in [4.69, 9.17) is 0 Å². The molecule has 2 aromatic carbocycles. The number of benzene rings is 2. The van der Waals surface area contributed by atoms with Crippen LogP contribution in [0.15, 0.2) is 48.5 Å². The number of carbonyl (C=O) groups excluding carboxylic acids is 1. The molecule has 0 atom stereocenters. The van der Waals surface area contributed by atoms with Gasteiger partial charge in [0.2, 0.25) is 5.82 Å². The number of aromatic nitrogens is 4. The lowest BCUT2D eigenvalue weighted by atomic mass is 10.1. The summed E-state index contributed by atoms with van der Waals surface area (Å²) in [5, 5.41) is 11.9. The van der Waals surface area contributed by atoms with Crippen LogP contribution in [0.1, 0.15) is 17.3 Å². The molecule has 0 aliphatic rings. The number of hydrogen-bond acceptors (Lipinski definition) is 4. The summed E-state index contributed by atoms with van der Waals surface area (Å²) in [5.74, 6) is -0.359. The third-order valence-corrected chi connectivity index (χ3v) is 3.02. The number of hydrogen-bond donors (Lipinski definition) is 0. The van der Waals surface area contributed by atoms with Gasteiger partial charge in [-0.2, -0.15) is 0 Å². The Morgan fingerprint density at radius 2 is 1.90 bits per heavy atom. The number of halogens is 1. The molecule has 0 N–H and O–H groups in total. The molecule has 0 saturated heterocycles. The van der Waals surface area contributed by atoms with E-state index in [2.05, 4.69) is 15.4 Å². The molecule has 104 valence electrons. The highest BCUT2D eigenvalue weighted by Crippen LogP contribution is 2.17. The van der Waals surface area contributed by atoms with Crippen molar-refractivity contribution in [3.05, 3.63) is 59.9 Å². The van der Waals surface area contributed by atoms with Gasteiger partial charge in [0.25, 0.3) is 0 Å². The van der Waals surface area contributed by atoms with Gasteiger partial charge in [0.1, 0.15) is 5.69 Å². The van der Waals surface area contributed by atoms with Crippen molar-refractivity contribution in [2.75, 3.05) is 0 Å². The molecule has 0 radical (unpaired) electrons. The Bertz CT molecular complexity index is 798. The summed E-state index contributed by atoms with van der Waals surface area (Å²) >= 11 is 0. The Labute approximate surface area is 120 Å². The monoisotopic (exact) mass is 282 g/mol. The first kappa shape index (κ1) is 13.1. The van der Waals surface area contributed by atoms with Crippen molar-refractivity contribution in [2.45, 2.75) is 6.92 Å². The van der Waals surface area contributed by atoms with E-state index in [1.165, 1.54) is 25.1 Å². The van der Waals surface area contributed by atoms with E-state index in [0.29, 0.717) is 11.4 Å². The predicted octanol–water partition coefficient (Wildman–Crippen LogP) is 2.67. The molecule has 0 saturated carbocycles. The molecule has 1 heterocycles. The summed E-state index contributed by atoms with van der Waals surface area (Å²) in [5.41, 5.74) is 1.25. The van der Waals surface area contributed by atoms with E-state index in [1.807, 2.05) is 30.3 Å². The van der Waals surface area contributed by atoms with Crippen molar-refractivity contribution >= 4 is 5.78 Å². The van der Waals surface area contributed by atoms with Gasteiger partial charge in [-0.3, -0.25) is 4.79 Å². The molecule has 1 aromatic heterocycles. The van der Waals surface area contributed by atoms with E-state index >= 15 is 0 Å². The first-order valence-electron chi connectivity index (χ1n) is 6.31. The summed E-state index contributed by atoms with van der Waals surface area (Å²) in [6.45, 7) is 1.38. The minimum absolute atomic E-state index is 0.148. The second-order valence-corrected chi connectivity index (χ2v) is 4.49. The summed E-state index contributed by atoms with van der Waals surface area (Å²) in [6, 6.07) is 13.5. The Hall–Kier alpha value is -2.89. The lowest BCUT2D eigenvalue weighted by molar-refractivity contribution is 0.101. The first-order chi connectivity index (χ1) is 10.1. The molecule has 0 fully saturated rings. The molecule has 5 nitrogen and oxygen atoms in total. The fraction of sp³-hybridized carbons (Fsp3) is 0.0667. The molecular weight excluding hydrogens is 271 g/mol. The van der Waals surface area contributed by atoms with Crippen molar-refractivity contribution < 1.29 is 9.18 Å². The van der Waals surface area contributed by atoms with Gasteiger partial charge in [-0.1, -0.05) is 30.3 Å². The van der Waals surface area contributed by atoms with Crippen LogP contribution in [0.2, 0.25) is 0 Å². The van der Waals surface area contributed by atoms with Gasteiger partial charge in [-0.15, -0.1) is 15.0 Å². The summed E-state index contributed by atoms with van der Waals surface area (Å²) in [7, 11) is 0. The number of Topliss-reactive ketones (excluding diaryl/α,β-unsaturated/α-hetero) is 1.